The summed E-state index contributed by atoms with van der Waals surface area (Å²) in [6, 6.07) is 7.13. The third-order valence-corrected chi connectivity index (χ3v) is 5.34. The van der Waals surface area contributed by atoms with Crippen LogP contribution < -0.4 is 10.5 Å². The van der Waals surface area contributed by atoms with Gasteiger partial charge in [-0.25, -0.2) is 0 Å². The Kier molecular flexibility index (Phi) is 5.18. The highest BCUT2D eigenvalue weighted by Gasteiger charge is 2.26. The van der Waals surface area contributed by atoms with Crippen molar-refractivity contribution in [1.29, 1.82) is 0 Å². The molecule has 1 aromatic carbocycles. The zero-order valence-corrected chi connectivity index (χ0v) is 13.7. The lowest BCUT2D eigenvalue weighted by Gasteiger charge is -2.29. The molecule has 1 aliphatic heterocycles. The summed E-state index contributed by atoms with van der Waals surface area (Å²) in [6.07, 6.45) is 2.34. The van der Waals surface area contributed by atoms with Crippen molar-refractivity contribution in [2.24, 2.45) is 11.7 Å². The average molecular weight is 327 g/mol. The molecule has 0 aliphatic carbocycles. The van der Waals surface area contributed by atoms with E-state index in [1.165, 1.54) is 4.31 Å². The van der Waals surface area contributed by atoms with E-state index < -0.39 is 10.2 Å². The van der Waals surface area contributed by atoms with Crippen LogP contribution in [0.3, 0.4) is 0 Å². The predicted molar refractivity (Wildman–Crippen MR) is 89.4 cm³/mol. The Balaban J connectivity index is 2.01. The fourth-order valence-electron chi connectivity index (χ4n) is 2.33. The second-order valence-electron chi connectivity index (χ2n) is 5.53. The molecule has 3 N–H and O–H groups in total. The van der Waals surface area contributed by atoms with Crippen molar-refractivity contribution in [2.45, 2.75) is 26.2 Å². The van der Waals surface area contributed by atoms with E-state index >= 15 is 0 Å². The first kappa shape index (κ1) is 16.2. The highest BCUT2D eigenvalue weighted by Crippen LogP contribution is 2.20. The van der Waals surface area contributed by atoms with E-state index in [1.807, 2.05) is 12.1 Å². The number of thiocarbonyl (C=S) groups is 1. The number of nitrogens with one attached hydrogen (secondary N) is 1. The van der Waals surface area contributed by atoms with Crippen LogP contribution in [0, 0.1) is 5.92 Å². The molecule has 0 saturated carbocycles. The molecule has 2 rings (SSSR count). The van der Waals surface area contributed by atoms with Crippen LogP contribution in [0.5, 0.6) is 0 Å². The number of nitrogens with two attached hydrogens (primary N) is 1. The molecule has 1 aromatic rings. The van der Waals surface area contributed by atoms with Gasteiger partial charge in [0, 0.05) is 25.2 Å². The number of hydrogen-bond acceptors (Lipinski definition) is 3. The highest BCUT2D eigenvalue weighted by molar-refractivity contribution is 7.90. The average Bonchev–Trinajstić information content (AvgIpc) is 2.40. The molecule has 0 bridgehead atoms. The Morgan fingerprint density at radius 3 is 2.43 bits per heavy atom. The van der Waals surface area contributed by atoms with Gasteiger partial charge in [-0.3, -0.25) is 4.72 Å². The monoisotopic (exact) mass is 327 g/mol. The summed E-state index contributed by atoms with van der Waals surface area (Å²) in [5, 5.41) is 0. The van der Waals surface area contributed by atoms with E-state index in [-0.39, 0.29) is 0 Å². The van der Waals surface area contributed by atoms with Gasteiger partial charge in [0.1, 0.15) is 0 Å². The number of piperidine rings is 1. The molecule has 21 heavy (non-hydrogen) atoms. The van der Waals surface area contributed by atoms with Crippen LogP contribution in [0.2, 0.25) is 0 Å². The number of nitrogens with zero attached hydrogens (tertiary/aromatic N) is 1. The Morgan fingerprint density at radius 1 is 1.33 bits per heavy atom. The topological polar surface area (TPSA) is 75.4 Å². The van der Waals surface area contributed by atoms with Gasteiger partial charge >= 0.3 is 10.2 Å². The number of hydrogen-bond donors (Lipinski definition) is 2. The van der Waals surface area contributed by atoms with Crippen LogP contribution in [-0.2, 0) is 16.6 Å². The van der Waals surface area contributed by atoms with E-state index in [0.29, 0.717) is 36.1 Å². The molecule has 0 amide bonds. The smallest absolute Gasteiger partial charge is 0.301 e. The van der Waals surface area contributed by atoms with Crippen LogP contribution >= 0.6 is 12.2 Å². The molecule has 0 aromatic heterocycles. The van der Waals surface area contributed by atoms with E-state index in [9.17, 15) is 8.42 Å². The van der Waals surface area contributed by atoms with Crippen molar-refractivity contribution in [2.75, 3.05) is 17.8 Å². The van der Waals surface area contributed by atoms with Gasteiger partial charge in [-0.05, 0) is 36.5 Å². The van der Waals surface area contributed by atoms with Crippen molar-refractivity contribution in [3.63, 3.8) is 0 Å². The maximum atomic E-state index is 12.3. The lowest BCUT2D eigenvalue weighted by atomic mass is 10.0. The van der Waals surface area contributed by atoms with Crippen LogP contribution in [0.15, 0.2) is 24.3 Å². The van der Waals surface area contributed by atoms with Crippen molar-refractivity contribution >= 4 is 33.1 Å². The van der Waals surface area contributed by atoms with Crippen LogP contribution in [0.1, 0.15) is 25.3 Å². The van der Waals surface area contributed by atoms with E-state index in [0.717, 1.165) is 18.4 Å². The van der Waals surface area contributed by atoms with Crippen molar-refractivity contribution in [1.82, 2.24) is 4.31 Å². The van der Waals surface area contributed by atoms with Gasteiger partial charge in [0.2, 0.25) is 0 Å². The zero-order valence-electron chi connectivity index (χ0n) is 12.1. The second-order valence-corrected chi connectivity index (χ2v) is 7.72. The minimum atomic E-state index is -3.46. The van der Waals surface area contributed by atoms with Crippen LogP contribution in [-0.4, -0.2) is 30.8 Å². The molecule has 7 heteroatoms. The van der Waals surface area contributed by atoms with Crippen molar-refractivity contribution in [3.8, 4) is 0 Å². The molecular formula is C14H21N3O2S2. The Bertz CT molecular complexity index is 591. The molecular weight excluding hydrogens is 306 g/mol. The van der Waals surface area contributed by atoms with Crippen molar-refractivity contribution < 1.29 is 8.42 Å². The first-order valence-electron chi connectivity index (χ1n) is 7.02. The Morgan fingerprint density at radius 2 is 1.90 bits per heavy atom. The minimum Gasteiger partial charge on any atom is -0.393 e. The molecule has 5 nitrogen and oxygen atoms in total. The molecule has 1 aliphatic rings. The van der Waals surface area contributed by atoms with Gasteiger partial charge in [-0.2, -0.15) is 12.7 Å². The standard InChI is InChI=1S/C14H21N3O2S2/c1-11-6-8-17(9-7-11)21(18,19)16-13-4-2-12(3-5-13)10-14(15)20/h2-5,11,16H,6-10H2,1H3,(H2,15,20). The minimum absolute atomic E-state index is 0.422. The Labute approximate surface area is 131 Å². The zero-order chi connectivity index (χ0) is 15.5. The number of rotatable bonds is 5. The first-order chi connectivity index (χ1) is 9.87. The van der Waals surface area contributed by atoms with Gasteiger partial charge in [0.05, 0.1) is 4.99 Å². The normalized spacial score (nSPS) is 17.6. The SMILES string of the molecule is CC1CCN(S(=O)(=O)Nc2ccc(CC(N)=S)cc2)CC1. The molecule has 0 atom stereocenters. The fourth-order valence-corrected chi connectivity index (χ4v) is 3.75. The summed E-state index contributed by atoms with van der Waals surface area (Å²) in [5.41, 5.74) is 7.01. The van der Waals surface area contributed by atoms with E-state index in [2.05, 4.69) is 11.6 Å². The predicted octanol–water partition coefficient (Wildman–Crippen LogP) is 1.90. The van der Waals surface area contributed by atoms with E-state index in [4.69, 9.17) is 18.0 Å². The van der Waals surface area contributed by atoms with E-state index in [1.54, 1.807) is 12.1 Å². The molecule has 116 valence electrons. The van der Waals surface area contributed by atoms with Crippen molar-refractivity contribution in [3.05, 3.63) is 29.8 Å². The lowest BCUT2D eigenvalue weighted by molar-refractivity contribution is 0.289. The summed E-state index contributed by atoms with van der Waals surface area (Å²) in [5.74, 6) is 0.593. The molecule has 1 fully saturated rings. The first-order valence-corrected chi connectivity index (χ1v) is 8.87. The number of anilines is 1. The molecule has 0 unspecified atom stereocenters. The third-order valence-electron chi connectivity index (χ3n) is 3.66. The largest absolute Gasteiger partial charge is 0.393 e. The van der Waals surface area contributed by atoms with Gasteiger partial charge < -0.3 is 5.73 Å². The molecule has 0 radical (unpaired) electrons. The van der Waals surface area contributed by atoms with Gasteiger partial charge in [0.25, 0.3) is 0 Å². The highest BCUT2D eigenvalue weighted by atomic mass is 32.2. The third kappa shape index (κ3) is 4.66. The van der Waals surface area contributed by atoms with Crippen LogP contribution in [0.4, 0.5) is 5.69 Å². The molecule has 1 saturated heterocycles. The lowest BCUT2D eigenvalue weighted by Crippen LogP contribution is -2.41. The van der Waals surface area contributed by atoms with Gasteiger partial charge in [-0.15, -0.1) is 0 Å². The summed E-state index contributed by atoms with van der Waals surface area (Å²) in [6.45, 7) is 3.31. The summed E-state index contributed by atoms with van der Waals surface area (Å²) >= 11 is 4.85. The van der Waals surface area contributed by atoms with Crippen LogP contribution in [0.25, 0.3) is 0 Å². The summed E-state index contributed by atoms with van der Waals surface area (Å²) in [7, 11) is -3.46. The molecule has 1 heterocycles. The second kappa shape index (κ2) is 6.72. The number of benzene rings is 1. The Hall–Kier alpha value is -1.18. The summed E-state index contributed by atoms with van der Waals surface area (Å²) < 4.78 is 28.7. The van der Waals surface area contributed by atoms with Gasteiger partial charge in [0.15, 0.2) is 0 Å². The molecule has 0 spiro atoms. The quantitative estimate of drug-likeness (QED) is 0.810. The van der Waals surface area contributed by atoms with Gasteiger partial charge in [-0.1, -0.05) is 31.3 Å². The maximum Gasteiger partial charge on any atom is 0.301 e. The summed E-state index contributed by atoms with van der Waals surface area (Å²) in [4.78, 5) is 0.422. The maximum absolute atomic E-state index is 12.3. The fraction of sp³-hybridized carbons (Fsp3) is 0.500.